The summed E-state index contributed by atoms with van der Waals surface area (Å²) in [7, 11) is 2.72. The molecule has 0 bridgehead atoms. The van der Waals surface area contributed by atoms with E-state index >= 15 is 0 Å². The molecular weight excluding hydrogens is 490 g/mol. The molecule has 11 heteroatoms. The SMILES string of the molecule is CCN(CC)c1ccc(/C=N\NC(=O)COc2ccc([C@@H]3NC(=O)NC(C)=C3C(=O)OC)cc2OC)cc1. The molecule has 38 heavy (non-hydrogen) atoms. The van der Waals surface area contributed by atoms with Gasteiger partial charge in [0, 0.05) is 24.5 Å². The predicted molar refractivity (Wildman–Crippen MR) is 143 cm³/mol. The second-order valence-corrected chi connectivity index (χ2v) is 8.32. The number of nitrogens with zero attached hydrogens (tertiary/aromatic N) is 2. The lowest BCUT2D eigenvalue weighted by molar-refractivity contribution is -0.136. The number of rotatable bonds is 11. The summed E-state index contributed by atoms with van der Waals surface area (Å²) >= 11 is 0. The Balaban J connectivity index is 1.62. The summed E-state index contributed by atoms with van der Waals surface area (Å²) in [5.41, 5.74) is 5.64. The first-order valence-electron chi connectivity index (χ1n) is 12.1. The molecule has 202 valence electrons. The molecule has 0 fully saturated rings. The Labute approximate surface area is 221 Å². The van der Waals surface area contributed by atoms with Crippen molar-refractivity contribution in [2.75, 3.05) is 38.8 Å². The van der Waals surface area contributed by atoms with E-state index in [1.807, 2.05) is 24.3 Å². The van der Waals surface area contributed by atoms with Crippen LogP contribution in [0.3, 0.4) is 0 Å². The third kappa shape index (κ3) is 6.81. The first kappa shape index (κ1) is 28.0. The number of methoxy groups -OCH3 is 2. The Morgan fingerprint density at radius 3 is 2.42 bits per heavy atom. The number of carbonyl (C=O) groups excluding carboxylic acids is 3. The molecule has 1 heterocycles. The van der Waals surface area contributed by atoms with Gasteiger partial charge in [0.05, 0.1) is 32.0 Å². The molecule has 2 aromatic carbocycles. The van der Waals surface area contributed by atoms with Gasteiger partial charge in [-0.1, -0.05) is 18.2 Å². The number of ether oxygens (including phenoxy) is 3. The van der Waals surface area contributed by atoms with Gasteiger partial charge in [0.25, 0.3) is 5.91 Å². The topological polar surface area (TPSA) is 131 Å². The fraction of sp³-hybridized carbons (Fsp3) is 0.333. The molecule has 0 aromatic heterocycles. The van der Waals surface area contributed by atoms with E-state index in [1.165, 1.54) is 14.2 Å². The van der Waals surface area contributed by atoms with Crippen LogP contribution in [0.15, 0.2) is 58.8 Å². The number of nitrogens with one attached hydrogen (secondary N) is 3. The minimum atomic E-state index is -0.752. The van der Waals surface area contributed by atoms with E-state index < -0.39 is 23.9 Å². The van der Waals surface area contributed by atoms with Crippen LogP contribution in [0.1, 0.15) is 37.9 Å². The maximum absolute atomic E-state index is 12.3. The molecule has 0 unspecified atom stereocenters. The fourth-order valence-electron chi connectivity index (χ4n) is 4.02. The quantitative estimate of drug-likeness (QED) is 0.235. The number of hydrogen-bond donors (Lipinski definition) is 3. The highest BCUT2D eigenvalue weighted by molar-refractivity contribution is 5.95. The second-order valence-electron chi connectivity index (χ2n) is 8.32. The van der Waals surface area contributed by atoms with Crippen LogP contribution >= 0.6 is 0 Å². The van der Waals surface area contributed by atoms with Gasteiger partial charge in [0.2, 0.25) is 0 Å². The Bertz CT molecular complexity index is 1220. The van der Waals surface area contributed by atoms with Crippen molar-refractivity contribution in [3.8, 4) is 11.5 Å². The summed E-state index contributed by atoms with van der Waals surface area (Å²) < 4.78 is 15.9. The summed E-state index contributed by atoms with van der Waals surface area (Å²) in [6.07, 6.45) is 1.56. The molecule has 2 aromatic rings. The highest BCUT2D eigenvalue weighted by atomic mass is 16.5. The van der Waals surface area contributed by atoms with Crippen molar-refractivity contribution < 1.29 is 28.6 Å². The van der Waals surface area contributed by atoms with Crippen LogP contribution in [-0.2, 0) is 14.3 Å². The number of benzene rings is 2. The van der Waals surface area contributed by atoms with Crippen LogP contribution in [-0.4, -0.2) is 58.0 Å². The molecule has 1 aliphatic heterocycles. The zero-order chi connectivity index (χ0) is 27.7. The van der Waals surface area contributed by atoms with Crippen molar-refractivity contribution in [2.45, 2.75) is 26.8 Å². The normalized spacial score (nSPS) is 15.0. The summed E-state index contributed by atoms with van der Waals surface area (Å²) in [5.74, 6) is -0.398. The Morgan fingerprint density at radius 1 is 1.08 bits per heavy atom. The number of hydrazone groups is 1. The maximum Gasteiger partial charge on any atom is 0.337 e. The monoisotopic (exact) mass is 523 g/mol. The molecule has 0 saturated heterocycles. The standard InChI is InChI=1S/C27H33N5O6/c1-6-32(7-2)20-11-8-18(9-12-20)15-28-31-23(33)16-38-21-13-10-19(14-22(21)36-4)25-24(26(34)37-5)17(3)29-27(35)30-25/h8-15,25H,6-7,16H2,1-5H3,(H,31,33)(H2,29,30,35)/b28-15-/t25-/m0/s1. The lowest BCUT2D eigenvalue weighted by atomic mass is 9.95. The molecular formula is C27H33N5O6. The van der Waals surface area contributed by atoms with Gasteiger partial charge in [0.1, 0.15) is 0 Å². The van der Waals surface area contributed by atoms with E-state index in [0.717, 1.165) is 24.3 Å². The van der Waals surface area contributed by atoms with Crippen molar-refractivity contribution in [1.82, 2.24) is 16.1 Å². The molecule has 3 N–H and O–H groups in total. The van der Waals surface area contributed by atoms with Crippen LogP contribution in [0.2, 0.25) is 0 Å². The number of anilines is 1. The van der Waals surface area contributed by atoms with Crippen LogP contribution in [0, 0.1) is 0 Å². The van der Waals surface area contributed by atoms with Crippen LogP contribution in [0.4, 0.5) is 10.5 Å². The van der Waals surface area contributed by atoms with E-state index in [0.29, 0.717) is 22.8 Å². The Morgan fingerprint density at radius 2 is 1.79 bits per heavy atom. The van der Waals surface area contributed by atoms with Gasteiger partial charge in [-0.2, -0.15) is 5.10 Å². The van der Waals surface area contributed by atoms with E-state index in [2.05, 4.69) is 39.9 Å². The number of carbonyl (C=O) groups is 3. The third-order valence-electron chi connectivity index (χ3n) is 5.98. The molecule has 1 aliphatic rings. The van der Waals surface area contributed by atoms with Crippen molar-refractivity contribution >= 4 is 29.8 Å². The molecule has 3 amide bonds. The number of hydrogen-bond acceptors (Lipinski definition) is 8. The Hall–Kier alpha value is -4.54. The highest BCUT2D eigenvalue weighted by Gasteiger charge is 2.32. The van der Waals surface area contributed by atoms with Gasteiger partial charge < -0.3 is 29.7 Å². The molecule has 0 radical (unpaired) electrons. The number of allylic oxidation sites excluding steroid dienone is 1. The summed E-state index contributed by atoms with van der Waals surface area (Å²) in [6, 6.07) is 11.6. The van der Waals surface area contributed by atoms with Gasteiger partial charge in [-0.05, 0) is 56.2 Å². The van der Waals surface area contributed by atoms with E-state index in [1.54, 1.807) is 31.3 Å². The third-order valence-corrected chi connectivity index (χ3v) is 5.98. The number of urea groups is 1. The van der Waals surface area contributed by atoms with Crippen LogP contribution < -0.4 is 30.4 Å². The van der Waals surface area contributed by atoms with Gasteiger partial charge in [-0.3, -0.25) is 4.79 Å². The van der Waals surface area contributed by atoms with Gasteiger partial charge >= 0.3 is 12.0 Å². The van der Waals surface area contributed by atoms with Crippen molar-refractivity contribution in [3.63, 3.8) is 0 Å². The van der Waals surface area contributed by atoms with Crippen LogP contribution in [0.5, 0.6) is 11.5 Å². The maximum atomic E-state index is 12.3. The molecule has 0 saturated carbocycles. The number of amides is 3. The molecule has 0 spiro atoms. The van der Waals surface area contributed by atoms with Crippen molar-refractivity contribution in [3.05, 3.63) is 64.9 Å². The van der Waals surface area contributed by atoms with Gasteiger partial charge in [-0.15, -0.1) is 0 Å². The average Bonchev–Trinajstić information content (AvgIpc) is 2.92. The zero-order valence-corrected chi connectivity index (χ0v) is 22.2. The first-order chi connectivity index (χ1) is 18.3. The predicted octanol–water partition coefficient (Wildman–Crippen LogP) is 2.87. The molecule has 11 nitrogen and oxygen atoms in total. The largest absolute Gasteiger partial charge is 0.493 e. The molecule has 0 aliphatic carbocycles. The highest BCUT2D eigenvalue weighted by Crippen LogP contribution is 2.34. The Kier molecular flexibility index (Phi) is 9.69. The lowest BCUT2D eigenvalue weighted by Crippen LogP contribution is -2.45. The lowest BCUT2D eigenvalue weighted by Gasteiger charge is -2.28. The number of esters is 1. The smallest absolute Gasteiger partial charge is 0.337 e. The summed E-state index contributed by atoms with van der Waals surface area (Å²) in [4.78, 5) is 38.9. The molecule has 3 rings (SSSR count). The summed E-state index contributed by atoms with van der Waals surface area (Å²) in [5, 5.41) is 9.27. The second kappa shape index (κ2) is 13.1. The van der Waals surface area contributed by atoms with Gasteiger partial charge in [-0.25, -0.2) is 15.0 Å². The van der Waals surface area contributed by atoms with Crippen LogP contribution in [0.25, 0.3) is 0 Å². The van der Waals surface area contributed by atoms with Gasteiger partial charge in [0.15, 0.2) is 18.1 Å². The van der Waals surface area contributed by atoms with Crippen molar-refractivity contribution in [2.24, 2.45) is 5.10 Å². The minimum absolute atomic E-state index is 0.266. The van der Waals surface area contributed by atoms with E-state index in [4.69, 9.17) is 14.2 Å². The fourth-order valence-corrected chi connectivity index (χ4v) is 4.02. The van der Waals surface area contributed by atoms with E-state index in [-0.39, 0.29) is 12.2 Å². The average molecular weight is 524 g/mol. The minimum Gasteiger partial charge on any atom is -0.493 e. The summed E-state index contributed by atoms with van der Waals surface area (Å²) in [6.45, 7) is 7.38. The zero-order valence-electron chi connectivity index (χ0n) is 22.2. The van der Waals surface area contributed by atoms with E-state index in [9.17, 15) is 14.4 Å². The first-order valence-corrected chi connectivity index (χ1v) is 12.1. The molecule has 1 atom stereocenters. The van der Waals surface area contributed by atoms with Crippen molar-refractivity contribution in [1.29, 1.82) is 0 Å².